The number of nitriles is 1. The average molecular weight is 366 g/mol. The van der Waals surface area contributed by atoms with Gasteiger partial charge >= 0.3 is 0 Å². The van der Waals surface area contributed by atoms with Gasteiger partial charge in [0.05, 0.1) is 29.4 Å². The zero-order chi connectivity index (χ0) is 16.0. The largest absolute Gasteiger partial charge is 0.260 e. The fourth-order valence-corrected chi connectivity index (χ4v) is 3.47. The standard InChI is InChI=1S/C19H16BrN3/c1-12-3-2-4-14(10-21)17(12)11-23-18-9-15(20)7-8-16(18)19(22-23)13-5-6-13/h2-4,7-9,13H,5-6,11H2,1H3. The van der Waals surface area contributed by atoms with Crippen LogP contribution in [-0.2, 0) is 6.54 Å². The van der Waals surface area contributed by atoms with Gasteiger partial charge in [-0.1, -0.05) is 28.1 Å². The van der Waals surface area contributed by atoms with Crippen LogP contribution in [0.25, 0.3) is 10.9 Å². The van der Waals surface area contributed by atoms with E-state index in [9.17, 15) is 5.26 Å². The lowest BCUT2D eigenvalue weighted by Crippen LogP contribution is -2.06. The first-order valence-corrected chi connectivity index (χ1v) is 8.61. The van der Waals surface area contributed by atoms with Crippen LogP contribution in [0.5, 0.6) is 0 Å². The number of aryl methyl sites for hydroxylation is 1. The summed E-state index contributed by atoms with van der Waals surface area (Å²) >= 11 is 3.56. The van der Waals surface area contributed by atoms with Crippen LogP contribution < -0.4 is 0 Å². The molecule has 0 amide bonds. The summed E-state index contributed by atoms with van der Waals surface area (Å²) in [7, 11) is 0. The van der Waals surface area contributed by atoms with Gasteiger partial charge in [-0.2, -0.15) is 10.4 Å². The molecule has 0 N–H and O–H groups in total. The van der Waals surface area contributed by atoms with Gasteiger partial charge in [0.1, 0.15) is 0 Å². The number of halogens is 1. The van der Waals surface area contributed by atoms with Gasteiger partial charge in [0.25, 0.3) is 0 Å². The van der Waals surface area contributed by atoms with E-state index in [0.717, 1.165) is 26.7 Å². The fourth-order valence-electron chi connectivity index (χ4n) is 3.12. The van der Waals surface area contributed by atoms with Gasteiger partial charge in [0, 0.05) is 15.8 Å². The Hall–Kier alpha value is -2.12. The van der Waals surface area contributed by atoms with E-state index in [1.165, 1.54) is 23.9 Å². The molecule has 1 aliphatic rings. The van der Waals surface area contributed by atoms with Crippen molar-refractivity contribution in [3.63, 3.8) is 0 Å². The van der Waals surface area contributed by atoms with Gasteiger partial charge in [0.2, 0.25) is 0 Å². The van der Waals surface area contributed by atoms with E-state index < -0.39 is 0 Å². The molecule has 0 aliphatic heterocycles. The molecule has 2 aromatic carbocycles. The predicted octanol–water partition coefficient (Wildman–Crippen LogP) is 4.90. The second-order valence-corrected chi connectivity index (χ2v) is 7.11. The zero-order valence-electron chi connectivity index (χ0n) is 12.9. The molecule has 0 bridgehead atoms. The van der Waals surface area contributed by atoms with Crippen molar-refractivity contribution in [2.45, 2.75) is 32.2 Å². The summed E-state index contributed by atoms with van der Waals surface area (Å²) in [6.07, 6.45) is 2.46. The lowest BCUT2D eigenvalue weighted by atomic mass is 10.0. The average Bonchev–Trinajstić information content (AvgIpc) is 3.33. The molecular weight excluding hydrogens is 350 g/mol. The molecule has 1 saturated carbocycles. The third kappa shape index (κ3) is 2.55. The lowest BCUT2D eigenvalue weighted by Gasteiger charge is -2.09. The van der Waals surface area contributed by atoms with Crippen LogP contribution in [-0.4, -0.2) is 9.78 Å². The first-order valence-electron chi connectivity index (χ1n) is 7.82. The van der Waals surface area contributed by atoms with Crippen molar-refractivity contribution in [3.05, 3.63) is 63.3 Å². The third-order valence-electron chi connectivity index (χ3n) is 4.54. The van der Waals surface area contributed by atoms with Gasteiger partial charge in [-0.25, -0.2) is 0 Å². The topological polar surface area (TPSA) is 41.6 Å². The summed E-state index contributed by atoms with van der Waals surface area (Å²) < 4.78 is 3.11. The van der Waals surface area contributed by atoms with E-state index in [-0.39, 0.29) is 0 Å². The summed E-state index contributed by atoms with van der Waals surface area (Å²) in [5.41, 5.74) is 5.27. The molecule has 4 rings (SSSR count). The number of rotatable bonds is 3. The number of aromatic nitrogens is 2. The van der Waals surface area contributed by atoms with E-state index in [2.05, 4.69) is 57.9 Å². The highest BCUT2D eigenvalue weighted by Gasteiger charge is 2.29. The van der Waals surface area contributed by atoms with Gasteiger partial charge < -0.3 is 0 Å². The van der Waals surface area contributed by atoms with Crippen molar-refractivity contribution in [1.29, 1.82) is 5.26 Å². The Balaban J connectivity index is 1.87. The maximum atomic E-state index is 9.39. The summed E-state index contributed by atoms with van der Waals surface area (Å²) in [5.74, 6) is 0.604. The molecule has 1 aliphatic carbocycles. The first kappa shape index (κ1) is 14.5. The Bertz CT molecular complexity index is 945. The molecule has 3 aromatic rings. The number of fused-ring (bicyclic) bond motifs is 1. The second kappa shape index (κ2) is 5.50. The lowest BCUT2D eigenvalue weighted by molar-refractivity contribution is 0.690. The van der Waals surface area contributed by atoms with Crippen LogP contribution in [0.3, 0.4) is 0 Å². The van der Waals surface area contributed by atoms with Gasteiger partial charge in [-0.05, 0) is 55.2 Å². The normalized spacial score (nSPS) is 14.1. The molecule has 0 unspecified atom stereocenters. The van der Waals surface area contributed by atoms with E-state index in [0.29, 0.717) is 12.5 Å². The van der Waals surface area contributed by atoms with Crippen molar-refractivity contribution in [2.24, 2.45) is 0 Å². The van der Waals surface area contributed by atoms with Crippen molar-refractivity contribution < 1.29 is 0 Å². The summed E-state index contributed by atoms with van der Waals surface area (Å²) in [4.78, 5) is 0. The highest BCUT2D eigenvalue weighted by molar-refractivity contribution is 9.10. The molecule has 1 aromatic heterocycles. The molecule has 4 heteroatoms. The van der Waals surface area contributed by atoms with E-state index in [4.69, 9.17) is 5.10 Å². The van der Waals surface area contributed by atoms with Crippen molar-refractivity contribution in [3.8, 4) is 6.07 Å². The highest BCUT2D eigenvalue weighted by Crippen LogP contribution is 2.42. The van der Waals surface area contributed by atoms with Crippen LogP contribution in [0.4, 0.5) is 0 Å². The van der Waals surface area contributed by atoms with Crippen LogP contribution >= 0.6 is 15.9 Å². The SMILES string of the molecule is Cc1cccc(C#N)c1Cn1nc(C2CC2)c2ccc(Br)cc21. The monoisotopic (exact) mass is 365 g/mol. The minimum absolute atomic E-state index is 0.604. The fraction of sp³-hybridized carbons (Fsp3) is 0.263. The van der Waals surface area contributed by atoms with E-state index in [1.54, 1.807) is 0 Å². The Kier molecular flexibility index (Phi) is 3.46. The van der Waals surface area contributed by atoms with E-state index >= 15 is 0 Å². The smallest absolute Gasteiger partial charge is 0.0995 e. The van der Waals surface area contributed by atoms with Crippen molar-refractivity contribution in [1.82, 2.24) is 9.78 Å². The Morgan fingerprint density at radius 1 is 1.30 bits per heavy atom. The van der Waals surface area contributed by atoms with Crippen molar-refractivity contribution >= 4 is 26.8 Å². The van der Waals surface area contributed by atoms with Gasteiger partial charge in [0.15, 0.2) is 0 Å². The van der Waals surface area contributed by atoms with E-state index in [1.807, 2.05) is 12.1 Å². The van der Waals surface area contributed by atoms with Crippen LogP contribution in [0, 0.1) is 18.3 Å². The molecule has 0 saturated heterocycles. The number of hydrogen-bond donors (Lipinski definition) is 0. The molecule has 0 radical (unpaired) electrons. The Labute approximate surface area is 143 Å². The number of hydrogen-bond acceptors (Lipinski definition) is 2. The van der Waals surface area contributed by atoms with Crippen LogP contribution in [0.15, 0.2) is 40.9 Å². The predicted molar refractivity (Wildman–Crippen MR) is 94.4 cm³/mol. The summed E-state index contributed by atoms with van der Waals surface area (Å²) in [6, 6.07) is 14.5. The van der Waals surface area contributed by atoms with Crippen LogP contribution in [0.1, 0.15) is 41.1 Å². The van der Waals surface area contributed by atoms with Crippen LogP contribution in [0.2, 0.25) is 0 Å². The third-order valence-corrected chi connectivity index (χ3v) is 5.04. The number of nitrogens with zero attached hydrogens (tertiary/aromatic N) is 3. The molecule has 114 valence electrons. The molecule has 3 nitrogen and oxygen atoms in total. The maximum Gasteiger partial charge on any atom is 0.0995 e. The van der Waals surface area contributed by atoms with Gasteiger partial charge in [-0.3, -0.25) is 4.68 Å². The molecule has 1 heterocycles. The molecule has 0 atom stereocenters. The van der Waals surface area contributed by atoms with Gasteiger partial charge in [-0.15, -0.1) is 0 Å². The minimum atomic E-state index is 0.604. The first-order chi connectivity index (χ1) is 11.2. The molecule has 23 heavy (non-hydrogen) atoms. The minimum Gasteiger partial charge on any atom is -0.260 e. The molecular formula is C19H16BrN3. The van der Waals surface area contributed by atoms with Crippen molar-refractivity contribution in [2.75, 3.05) is 0 Å². The Morgan fingerprint density at radius 3 is 2.87 bits per heavy atom. The Morgan fingerprint density at radius 2 is 2.13 bits per heavy atom. The molecule has 1 fully saturated rings. The quantitative estimate of drug-likeness (QED) is 0.661. The summed E-state index contributed by atoms with van der Waals surface area (Å²) in [6.45, 7) is 2.69. The summed E-state index contributed by atoms with van der Waals surface area (Å²) in [5, 5.41) is 15.5. The second-order valence-electron chi connectivity index (χ2n) is 6.19. The molecule has 0 spiro atoms. The number of benzene rings is 2. The highest BCUT2D eigenvalue weighted by atomic mass is 79.9. The maximum absolute atomic E-state index is 9.39. The zero-order valence-corrected chi connectivity index (χ0v) is 14.5.